The summed E-state index contributed by atoms with van der Waals surface area (Å²) in [5.41, 5.74) is 5.21. The lowest BCUT2D eigenvalue weighted by Gasteiger charge is -2.27. The number of aliphatic hydroxyl groups is 4. The van der Waals surface area contributed by atoms with Gasteiger partial charge in [0.2, 0.25) is 0 Å². The third-order valence-electron chi connectivity index (χ3n) is 9.39. The maximum Gasteiger partial charge on any atom is 0.331 e. The van der Waals surface area contributed by atoms with Gasteiger partial charge in [-0.05, 0) is 105 Å². The predicted molar refractivity (Wildman–Crippen MR) is 211 cm³/mol. The van der Waals surface area contributed by atoms with Crippen LogP contribution < -0.4 is 0 Å². The van der Waals surface area contributed by atoms with E-state index in [1.807, 2.05) is 71.1 Å². The Kier molecular flexibility index (Phi) is 22.6. The van der Waals surface area contributed by atoms with Crippen molar-refractivity contribution in [3.05, 3.63) is 82.5 Å². The minimum Gasteiger partial charge on any atom is -0.462 e. The van der Waals surface area contributed by atoms with Gasteiger partial charge in [-0.3, -0.25) is 4.79 Å². The van der Waals surface area contributed by atoms with Crippen molar-refractivity contribution in [2.75, 3.05) is 0 Å². The molecule has 0 aromatic rings. The molecule has 294 valence electrons. The smallest absolute Gasteiger partial charge is 0.331 e. The third kappa shape index (κ3) is 21.5. The van der Waals surface area contributed by atoms with Gasteiger partial charge in [0.05, 0.1) is 24.4 Å². The topological polar surface area (TPSA) is 134 Å². The van der Waals surface area contributed by atoms with E-state index in [0.717, 1.165) is 40.7 Å². The van der Waals surface area contributed by atoms with Crippen molar-refractivity contribution in [2.24, 2.45) is 17.8 Å². The summed E-state index contributed by atoms with van der Waals surface area (Å²) in [6, 6.07) is 0. The number of ether oxygens (including phenoxy) is 2. The van der Waals surface area contributed by atoms with Gasteiger partial charge >= 0.3 is 11.9 Å². The van der Waals surface area contributed by atoms with Gasteiger partial charge in [0, 0.05) is 24.8 Å². The zero-order chi connectivity index (χ0) is 39.4. The van der Waals surface area contributed by atoms with E-state index in [-0.39, 0.29) is 42.4 Å². The normalized spacial score (nSPS) is 25.3. The highest BCUT2D eigenvalue weighted by atomic mass is 16.5. The van der Waals surface area contributed by atoms with E-state index in [0.29, 0.717) is 38.5 Å². The molecule has 0 saturated carbocycles. The van der Waals surface area contributed by atoms with Crippen molar-refractivity contribution in [3.8, 4) is 0 Å². The lowest BCUT2D eigenvalue weighted by atomic mass is 9.89. The molecule has 0 fully saturated rings. The van der Waals surface area contributed by atoms with Crippen LogP contribution in [0.25, 0.3) is 0 Å². The average Bonchev–Trinajstić information content (AvgIpc) is 3.02. The summed E-state index contributed by atoms with van der Waals surface area (Å²) in [7, 11) is 0. The van der Waals surface area contributed by atoms with E-state index in [1.165, 1.54) is 6.08 Å². The molecule has 8 nitrogen and oxygen atoms in total. The maximum absolute atomic E-state index is 12.9. The van der Waals surface area contributed by atoms with Crippen LogP contribution in [-0.4, -0.2) is 69.0 Å². The van der Waals surface area contributed by atoms with Crippen molar-refractivity contribution in [1.29, 1.82) is 0 Å². The molecule has 0 saturated heterocycles. The van der Waals surface area contributed by atoms with Crippen molar-refractivity contribution >= 4 is 11.9 Å². The SMILES string of the molecule is CC(=C\C=C\C(C)=C\C[C@@H](O)C[C@H](C)O)/C=C(C)/C=C/C(=O)O[C@H]1CCCC(=O)O[C@@H]([C@@H](C)C/C(C)=C/[C@@H](C)[C@H](O)C[C@@H](C)O)C/C=C(\C)C[C@@H]1C. The summed E-state index contributed by atoms with van der Waals surface area (Å²) >= 11 is 0. The Labute approximate surface area is 314 Å². The number of aliphatic hydroxyl groups excluding tert-OH is 4. The Bertz CT molecular complexity index is 1310. The number of carbonyl (C=O) groups is 2. The second kappa shape index (κ2) is 25.1. The highest BCUT2D eigenvalue weighted by Gasteiger charge is 2.26. The molecule has 0 amide bonds. The predicted octanol–water partition coefficient (Wildman–Crippen LogP) is 8.57. The van der Waals surface area contributed by atoms with Gasteiger partial charge in [-0.2, -0.15) is 0 Å². The number of allylic oxidation sites excluding steroid dienone is 10. The molecule has 52 heavy (non-hydrogen) atoms. The second-order valence-electron chi connectivity index (χ2n) is 15.5. The molecule has 1 aliphatic rings. The number of rotatable bonds is 17. The van der Waals surface area contributed by atoms with Crippen LogP contribution in [0.2, 0.25) is 0 Å². The molecule has 1 heterocycles. The lowest BCUT2D eigenvalue weighted by molar-refractivity contribution is -0.152. The van der Waals surface area contributed by atoms with Gasteiger partial charge in [0.1, 0.15) is 12.2 Å². The van der Waals surface area contributed by atoms with Gasteiger partial charge in [-0.1, -0.05) is 97.2 Å². The van der Waals surface area contributed by atoms with Crippen LogP contribution in [0.3, 0.4) is 0 Å². The molecule has 0 spiro atoms. The summed E-state index contributed by atoms with van der Waals surface area (Å²) < 4.78 is 11.9. The van der Waals surface area contributed by atoms with E-state index >= 15 is 0 Å². The van der Waals surface area contributed by atoms with Crippen molar-refractivity contribution in [3.63, 3.8) is 0 Å². The van der Waals surface area contributed by atoms with Crippen molar-refractivity contribution < 1.29 is 39.5 Å². The van der Waals surface area contributed by atoms with E-state index in [1.54, 1.807) is 19.9 Å². The second-order valence-corrected chi connectivity index (χ2v) is 15.5. The van der Waals surface area contributed by atoms with Crippen molar-refractivity contribution in [1.82, 2.24) is 0 Å². The fourth-order valence-corrected chi connectivity index (χ4v) is 6.48. The number of hydrogen-bond donors (Lipinski definition) is 4. The van der Waals surface area contributed by atoms with E-state index in [4.69, 9.17) is 9.47 Å². The molecule has 4 N–H and O–H groups in total. The Morgan fingerprint density at radius 2 is 1.63 bits per heavy atom. The summed E-state index contributed by atoms with van der Waals surface area (Å²) in [6.07, 6.45) is 19.0. The van der Waals surface area contributed by atoms with Gasteiger partial charge in [0.25, 0.3) is 0 Å². The molecular formula is C44H70O8. The molecule has 0 unspecified atom stereocenters. The van der Waals surface area contributed by atoms with E-state index in [9.17, 15) is 30.0 Å². The molecule has 0 bridgehead atoms. The monoisotopic (exact) mass is 727 g/mol. The van der Waals surface area contributed by atoms with Crippen LogP contribution in [0.4, 0.5) is 0 Å². The van der Waals surface area contributed by atoms with E-state index in [2.05, 4.69) is 26.8 Å². The van der Waals surface area contributed by atoms with Gasteiger partial charge in [-0.25, -0.2) is 4.79 Å². The molecule has 0 aromatic carbocycles. The van der Waals surface area contributed by atoms with Gasteiger partial charge in [-0.15, -0.1) is 0 Å². The van der Waals surface area contributed by atoms with Crippen LogP contribution in [0.1, 0.15) is 127 Å². The molecule has 8 heteroatoms. The highest BCUT2D eigenvalue weighted by Crippen LogP contribution is 2.27. The van der Waals surface area contributed by atoms with Gasteiger partial charge < -0.3 is 29.9 Å². The molecule has 0 aliphatic carbocycles. The van der Waals surface area contributed by atoms with Crippen LogP contribution >= 0.6 is 0 Å². The Hall–Kier alpha value is -3.04. The first-order valence-corrected chi connectivity index (χ1v) is 19.2. The number of carbonyl (C=O) groups excluding carboxylic acids is 2. The summed E-state index contributed by atoms with van der Waals surface area (Å²) in [5, 5.41) is 39.3. The zero-order valence-corrected chi connectivity index (χ0v) is 33.7. The summed E-state index contributed by atoms with van der Waals surface area (Å²) in [5.74, 6) is -0.590. The Morgan fingerprint density at radius 3 is 2.29 bits per heavy atom. The zero-order valence-electron chi connectivity index (χ0n) is 33.7. The fraction of sp³-hybridized carbons (Fsp3) is 0.636. The van der Waals surface area contributed by atoms with Crippen LogP contribution in [0, 0.1) is 17.8 Å². The standard InChI is InChI=1S/C44H70O8/c1-29(17-20-39(47)27-37(9)45)13-11-14-30(2)23-31(3)19-22-44(50)51-41-15-12-16-43(49)52-42(21-18-32(4)24-35(41)7)36(8)26-33(5)25-34(6)40(48)28-38(10)46/h11,13-14,17-19,22-23,25,34-42,45-48H,12,15-16,20-21,24,26-28H2,1-10H3/b13-11+,22-19+,29-17+,30-14+,31-23+,32-18+,33-25+/t34-,35+,36+,37+,38-,39-,40-,41+,42-/m1/s1. The van der Waals surface area contributed by atoms with Crippen LogP contribution in [0.15, 0.2) is 82.5 Å². The maximum atomic E-state index is 12.9. The minimum atomic E-state index is -0.614. The number of hydrogen-bond acceptors (Lipinski definition) is 8. The summed E-state index contributed by atoms with van der Waals surface area (Å²) in [4.78, 5) is 25.8. The first-order valence-electron chi connectivity index (χ1n) is 19.2. The van der Waals surface area contributed by atoms with Crippen LogP contribution in [0.5, 0.6) is 0 Å². The first kappa shape index (κ1) is 47.0. The highest BCUT2D eigenvalue weighted by molar-refractivity contribution is 5.82. The van der Waals surface area contributed by atoms with Crippen LogP contribution in [-0.2, 0) is 19.1 Å². The Balaban J connectivity index is 2.84. The molecular weight excluding hydrogens is 656 g/mol. The third-order valence-corrected chi connectivity index (χ3v) is 9.39. The largest absolute Gasteiger partial charge is 0.462 e. The summed E-state index contributed by atoms with van der Waals surface area (Å²) in [6.45, 7) is 19.5. The fourth-order valence-electron chi connectivity index (χ4n) is 6.48. The molecule has 1 aliphatic heterocycles. The quantitative estimate of drug-likeness (QED) is 0.0507. The van der Waals surface area contributed by atoms with Gasteiger partial charge in [0.15, 0.2) is 0 Å². The molecule has 1 rings (SSSR count). The minimum absolute atomic E-state index is 0.0762. The number of cyclic esters (lactones) is 1. The lowest BCUT2D eigenvalue weighted by Crippen LogP contribution is -2.28. The number of esters is 2. The molecule has 0 radical (unpaired) electrons. The Morgan fingerprint density at radius 1 is 0.962 bits per heavy atom. The molecule has 9 atom stereocenters. The van der Waals surface area contributed by atoms with Crippen molar-refractivity contribution in [2.45, 2.75) is 164 Å². The van der Waals surface area contributed by atoms with E-state index < -0.39 is 30.4 Å². The molecule has 0 aromatic heterocycles. The average molecular weight is 727 g/mol. The first-order chi connectivity index (χ1) is 24.4.